The number of aliphatic imine (C=N–C) groups is 1. The van der Waals surface area contributed by atoms with Crippen LogP contribution in [0.3, 0.4) is 0 Å². The third-order valence-electron chi connectivity index (χ3n) is 4.89. The lowest BCUT2D eigenvalue weighted by Gasteiger charge is -2.35. The molecule has 0 aliphatic carbocycles. The summed E-state index contributed by atoms with van der Waals surface area (Å²) in [5.74, 6) is 1.75. The highest BCUT2D eigenvalue weighted by Crippen LogP contribution is 2.17. The van der Waals surface area contributed by atoms with Crippen molar-refractivity contribution in [2.45, 2.75) is 26.7 Å². The molecule has 1 aromatic heterocycles. The number of piperazine rings is 1. The Morgan fingerprint density at radius 3 is 2.81 bits per heavy atom. The molecule has 0 saturated carbocycles. The molecule has 1 amide bonds. The second-order valence-corrected chi connectivity index (χ2v) is 7.32. The van der Waals surface area contributed by atoms with Gasteiger partial charge in [-0.15, -0.1) is 24.0 Å². The van der Waals surface area contributed by atoms with Gasteiger partial charge in [-0.1, -0.05) is 19.1 Å². The average Bonchev–Trinajstić information content (AvgIpc) is 3.18. The molecule has 1 fully saturated rings. The van der Waals surface area contributed by atoms with Gasteiger partial charge in [-0.25, -0.2) is 0 Å². The number of nitrogens with one attached hydrogen (secondary N) is 1. The summed E-state index contributed by atoms with van der Waals surface area (Å²) in [6.07, 6.45) is 5.41. The number of rotatable bonds is 8. The number of halogens is 1. The number of nitrogens with zero attached hydrogens (tertiary/aromatic N) is 5. The van der Waals surface area contributed by atoms with Crippen molar-refractivity contribution in [2.24, 2.45) is 12.0 Å². The van der Waals surface area contributed by atoms with Crippen LogP contribution in [0.15, 0.2) is 41.7 Å². The van der Waals surface area contributed by atoms with Gasteiger partial charge in [0.2, 0.25) is 5.91 Å². The van der Waals surface area contributed by atoms with Gasteiger partial charge in [-0.2, -0.15) is 5.10 Å². The van der Waals surface area contributed by atoms with Crippen LogP contribution in [-0.2, 0) is 18.3 Å². The molecule has 1 saturated heterocycles. The van der Waals surface area contributed by atoms with Gasteiger partial charge < -0.3 is 19.9 Å². The lowest BCUT2D eigenvalue weighted by atomic mass is 10.1. The van der Waals surface area contributed by atoms with Crippen LogP contribution in [0.25, 0.3) is 0 Å². The molecule has 31 heavy (non-hydrogen) atoms. The Kier molecular flexibility index (Phi) is 10.1. The molecule has 1 aromatic carbocycles. The van der Waals surface area contributed by atoms with Gasteiger partial charge in [0.15, 0.2) is 5.96 Å². The van der Waals surface area contributed by atoms with Crippen LogP contribution < -0.4 is 15.0 Å². The lowest BCUT2D eigenvalue weighted by molar-refractivity contribution is -0.120. The van der Waals surface area contributed by atoms with Crippen molar-refractivity contribution in [1.82, 2.24) is 20.0 Å². The Balaban J connectivity index is 0.00000341. The second kappa shape index (κ2) is 12.5. The van der Waals surface area contributed by atoms with E-state index < -0.39 is 0 Å². The molecule has 8 nitrogen and oxygen atoms in total. The van der Waals surface area contributed by atoms with Gasteiger partial charge in [0, 0.05) is 39.4 Å². The van der Waals surface area contributed by atoms with Crippen molar-refractivity contribution in [3.05, 3.63) is 42.2 Å². The van der Waals surface area contributed by atoms with E-state index in [0.29, 0.717) is 19.6 Å². The highest BCUT2D eigenvalue weighted by atomic mass is 127. The van der Waals surface area contributed by atoms with Crippen LogP contribution in [0.1, 0.15) is 25.8 Å². The lowest BCUT2D eigenvalue weighted by Crippen LogP contribution is -2.55. The Hall–Kier alpha value is -2.30. The predicted octanol–water partition coefficient (Wildman–Crippen LogP) is 2.68. The highest BCUT2D eigenvalue weighted by Gasteiger charge is 2.27. The van der Waals surface area contributed by atoms with Crippen LogP contribution in [0.4, 0.5) is 5.69 Å². The Morgan fingerprint density at radius 2 is 2.13 bits per heavy atom. The molecular weight excluding hydrogens is 507 g/mol. The van der Waals surface area contributed by atoms with E-state index >= 15 is 0 Å². The molecule has 0 bridgehead atoms. The largest absolute Gasteiger partial charge is 0.494 e. The van der Waals surface area contributed by atoms with Crippen LogP contribution in [0.5, 0.6) is 5.75 Å². The fraction of sp³-hybridized carbons (Fsp3) is 0.500. The molecule has 0 spiro atoms. The van der Waals surface area contributed by atoms with E-state index in [1.165, 1.54) is 5.56 Å². The molecule has 2 heterocycles. The summed E-state index contributed by atoms with van der Waals surface area (Å²) in [6, 6.07) is 8.18. The van der Waals surface area contributed by atoms with E-state index in [2.05, 4.69) is 29.5 Å². The fourth-order valence-corrected chi connectivity index (χ4v) is 3.40. The van der Waals surface area contributed by atoms with Crippen LogP contribution in [0.2, 0.25) is 0 Å². The SMILES string of the molecule is CCCOc1cccc(CCN=C(NCC)N2CCN(c3cnn(C)c3)C(=O)C2)c1.I. The zero-order valence-corrected chi connectivity index (χ0v) is 20.9. The molecule has 3 rings (SSSR count). The number of carbonyl (C=O) groups is 1. The summed E-state index contributed by atoms with van der Waals surface area (Å²) >= 11 is 0. The van der Waals surface area contributed by atoms with Crippen molar-refractivity contribution >= 4 is 41.5 Å². The number of benzene rings is 1. The van der Waals surface area contributed by atoms with Crippen molar-refractivity contribution < 1.29 is 9.53 Å². The maximum Gasteiger partial charge on any atom is 0.246 e. The number of guanidine groups is 1. The molecule has 0 atom stereocenters. The van der Waals surface area contributed by atoms with Crippen LogP contribution in [-0.4, -0.2) is 65.9 Å². The van der Waals surface area contributed by atoms with Crippen molar-refractivity contribution in [3.8, 4) is 5.75 Å². The van der Waals surface area contributed by atoms with Crippen LogP contribution in [0, 0.1) is 0 Å². The first-order chi connectivity index (χ1) is 14.6. The third-order valence-corrected chi connectivity index (χ3v) is 4.89. The monoisotopic (exact) mass is 540 g/mol. The summed E-state index contributed by atoms with van der Waals surface area (Å²) in [5.41, 5.74) is 2.04. The van der Waals surface area contributed by atoms with E-state index in [-0.39, 0.29) is 29.9 Å². The Bertz CT molecular complexity index is 869. The summed E-state index contributed by atoms with van der Waals surface area (Å²) in [6.45, 7) is 7.93. The molecule has 9 heteroatoms. The normalized spacial score (nSPS) is 14.4. The summed E-state index contributed by atoms with van der Waals surface area (Å²) in [4.78, 5) is 21.3. The van der Waals surface area contributed by atoms with E-state index in [0.717, 1.165) is 49.9 Å². The summed E-state index contributed by atoms with van der Waals surface area (Å²) < 4.78 is 7.42. The number of aryl methyl sites for hydroxylation is 1. The van der Waals surface area contributed by atoms with E-state index in [1.54, 1.807) is 15.8 Å². The van der Waals surface area contributed by atoms with Crippen molar-refractivity contribution in [1.29, 1.82) is 0 Å². The second-order valence-electron chi connectivity index (χ2n) is 7.32. The maximum absolute atomic E-state index is 12.7. The van der Waals surface area contributed by atoms with Crippen molar-refractivity contribution in [3.63, 3.8) is 0 Å². The van der Waals surface area contributed by atoms with Gasteiger partial charge in [0.05, 0.1) is 18.5 Å². The summed E-state index contributed by atoms with van der Waals surface area (Å²) in [5, 5.41) is 7.49. The first-order valence-corrected chi connectivity index (χ1v) is 10.6. The molecule has 1 aliphatic heterocycles. The molecule has 0 unspecified atom stereocenters. The van der Waals surface area contributed by atoms with E-state index in [4.69, 9.17) is 9.73 Å². The third kappa shape index (κ3) is 7.12. The first-order valence-electron chi connectivity index (χ1n) is 10.6. The zero-order chi connectivity index (χ0) is 21.3. The number of ether oxygens (including phenoxy) is 1. The molecule has 2 aromatic rings. The van der Waals surface area contributed by atoms with E-state index in [1.807, 2.05) is 37.2 Å². The van der Waals surface area contributed by atoms with Gasteiger partial charge in [0.1, 0.15) is 12.3 Å². The maximum atomic E-state index is 12.7. The fourth-order valence-electron chi connectivity index (χ4n) is 3.40. The number of hydrogen-bond donors (Lipinski definition) is 1. The number of hydrogen-bond acceptors (Lipinski definition) is 4. The minimum atomic E-state index is 0. The van der Waals surface area contributed by atoms with Gasteiger partial charge in [0.25, 0.3) is 0 Å². The number of amides is 1. The minimum Gasteiger partial charge on any atom is -0.494 e. The quantitative estimate of drug-likeness (QED) is 0.317. The predicted molar refractivity (Wildman–Crippen MR) is 134 cm³/mol. The smallest absolute Gasteiger partial charge is 0.246 e. The zero-order valence-electron chi connectivity index (χ0n) is 18.6. The average molecular weight is 540 g/mol. The van der Waals surface area contributed by atoms with Gasteiger partial charge in [-0.3, -0.25) is 14.5 Å². The Labute approximate surface area is 201 Å². The molecule has 0 radical (unpaired) electrons. The molecule has 1 N–H and O–H groups in total. The summed E-state index contributed by atoms with van der Waals surface area (Å²) in [7, 11) is 1.85. The highest BCUT2D eigenvalue weighted by molar-refractivity contribution is 14.0. The number of carbonyl (C=O) groups excluding carboxylic acids is 1. The number of anilines is 1. The molecule has 1 aliphatic rings. The van der Waals surface area contributed by atoms with Crippen LogP contribution >= 0.6 is 24.0 Å². The first kappa shape index (κ1) is 25.0. The molecule has 170 valence electrons. The molecular formula is C22H33IN6O2. The van der Waals surface area contributed by atoms with Gasteiger partial charge in [-0.05, 0) is 37.5 Å². The number of aromatic nitrogens is 2. The Morgan fingerprint density at radius 1 is 1.29 bits per heavy atom. The van der Waals surface area contributed by atoms with E-state index in [9.17, 15) is 4.79 Å². The minimum absolute atomic E-state index is 0. The topological polar surface area (TPSA) is 75.0 Å². The standard InChI is InChI=1S/C22H32N6O2.HI/c1-4-13-30-20-8-6-7-18(14-20)9-10-24-22(23-5-2)27-11-12-28(21(29)17-27)19-15-25-26(3)16-19;/h6-8,14-16H,4-5,9-13,17H2,1-3H3,(H,23,24);1H. The van der Waals surface area contributed by atoms with Crippen molar-refractivity contribution in [2.75, 3.05) is 44.2 Å². The van der Waals surface area contributed by atoms with Gasteiger partial charge >= 0.3 is 0 Å².